The Kier molecular flexibility index (Phi) is 5.83. The molecule has 2 rings (SSSR count). The Bertz CT molecular complexity index is 559. The van der Waals surface area contributed by atoms with Gasteiger partial charge in [-0.25, -0.2) is 0 Å². The first kappa shape index (κ1) is 16.8. The lowest BCUT2D eigenvalue weighted by molar-refractivity contribution is -0.137. The van der Waals surface area contributed by atoms with E-state index in [1.165, 1.54) is 0 Å². The van der Waals surface area contributed by atoms with Crippen LogP contribution in [0, 0.1) is 12.8 Å². The van der Waals surface area contributed by atoms with Crippen LogP contribution in [0.25, 0.3) is 0 Å². The van der Waals surface area contributed by atoms with Gasteiger partial charge in [-0.3, -0.25) is 9.59 Å². The van der Waals surface area contributed by atoms with E-state index >= 15 is 0 Å². The van der Waals surface area contributed by atoms with E-state index in [0.717, 1.165) is 31.2 Å². The van der Waals surface area contributed by atoms with E-state index in [2.05, 4.69) is 5.32 Å². The zero-order valence-electron chi connectivity index (χ0n) is 12.8. The number of hydrogen-bond acceptors (Lipinski definition) is 2. The van der Waals surface area contributed by atoms with Gasteiger partial charge >= 0.3 is 5.97 Å². The maximum Gasteiger partial charge on any atom is 0.303 e. The number of carboxylic acids is 1. The summed E-state index contributed by atoms with van der Waals surface area (Å²) in [7, 11) is 0. The molecule has 2 N–H and O–H groups in total. The van der Waals surface area contributed by atoms with Crippen molar-refractivity contribution in [3.63, 3.8) is 0 Å². The average Bonchev–Trinajstić information content (AvgIpc) is 2.46. The van der Waals surface area contributed by atoms with Gasteiger partial charge in [0.2, 0.25) is 0 Å². The van der Waals surface area contributed by atoms with E-state index in [4.69, 9.17) is 16.7 Å². The molecule has 0 radical (unpaired) electrons. The predicted molar refractivity (Wildman–Crippen MR) is 86.3 cm³/mol. The highest BCUT2D eigenvalue weighted by Crippen LogP contribution is 2.29. The van der Waals surface area contributed by atoms with Gasteiger partial charge in [-0.15, -0.1) is 0 Å². The second-order valence-electron chi connectivity index (χ2n) is 6.04. The Hall–Kier alpha value is -1.55. The Morgan fingerprint density at radius 2 is 2.05 bits per heavy atom. The van der Waals surface area contributed by atoms with E-state index in [9.17, 15) is 9.59 Å². The Labute approximate surface area is 135 Å². The number of amides is 1. The second-order valence-corrected chi connectivity index (χ2v) is 6.45. The van der Waals surface area contributed by atoms with Gasteiger partial charge in [0.15, 0.2) is 0 Å². The number of nitrogens with one attached hydrogen (secondary N) is 1. The fourth-order valence-electron chi connectivity index (χ4n) is 3.10. The standard InChI is InChI=1S/C17H22ClNO3/c1-11-6-8-13(14(18)10-11)17(22)19-15-5-3-2-4-12(15)7-9-16(20)21/h6,8,10,12,15H,2-5,7,9H2,1H3,(H,19,22)(H,20,21). The lowest BCUT2D eigenvalue weighted by atomic mass is 9.81. The molecule has 1 saturated carbocycles. The first-order chi connectivity index (χ1) is 10.5. The number of hydrogen-bond donors (Lipinski definition) is 2. The summed E-state index contributed by atoms with van der Waals surface area (Å²) in [6.45, 7) is 1.93. The minimum atomic E-state index is -0.780. The fraction of sp³-hybridized carbons (Fsp3) is 0.529. The minimum Gasteiger partial charge on any atom is -0.481 e. The Balaban J connectivity index is 2.02. The number of carboxylic acid groups (broad SMARTS) is 1. The van der Waals surface area contributed by atoms with Crippen molar-refractivity contribution in [2.24, 2.45) is 5.92 Å². The molecule has 2 unspecified atom stereocenters. The molecule has 0 spiro atoms. The quantitative estimate of drug-likeness (QED) is 0.866. The van der Waals surface area contributed by atoms with E-state index < -0.39 is 5.97 Å². The predicted octanol–water partition coefficient (Wildman–Crippen LogP) is 3.80. The van der Waals surface area contributed by atoms with Crippen molar-refractivity contribution < 1.29 is 14.7 Å². The van der Waals surface area contributed by atoms with Crippen molar-refractivity contribution in [3.05, 3.63) is 34.3 Å². The number of benzene rings is 1. The summed E-state index contributed by atoms with van der Waals surface area (Å²) in [6.07, 6.45) is 4.81. The van der Waals surface area contributed by atoms with Gasteiger partial charge in [-0.05, 0) is 49.8 Å². The molecule has 2 atom stereocenters. The molecule has 1 fully saturated rings. The monoisotopic (exact) mass is 323 g/mol. The van der Waals surface area contributed by atoms with E-state index in [-0.39, 0.29) is 24.3 Å². The van der Waals surface area contributed by atoms with E-state index in [1.54, 1.807) is 12.1 Å². The second kappa shape index (κ2) is 7.63. The summed E-state index contributed by atoms with van der Waals surface area (Å²) in [4.78, 5) is 23.2. The van der Waals surface area contributed by atoms with Gasteiger partial charge in [0, 0.05) is 12.5 Å². The molecule has 0 aromatic heterocycles. The third-order valence-electron chi connectivity index (χ3n) is 4.32. The van der Waals surface area contributed by atoms with Crippen LogP contribution in [0.2, 0.25) is 5.02 Å². The van der Waals surface area contributed by atoms with Gasteiger partial charge in [0.25, 0.3) is 5.91 Å². The van der Waals surface area contributed by atoms with Crippen LogP contribution in [0.3, 0.4) is 0 Å². The molecular formula is C17H22ClNO3. The molecule has 4 nitrogen and oxygen atoms in total. The molecule has 0 saturated heterocycles. The molecule has 0 heterocycles. The number of carbonyl (C=O) groups is 2. The molecule has 5 heteroatoms. The topological polar surface area (TPSA) is 66.4 Å². The fourth-order valence-corrected chi connectivity index (χ4v) is 3.42. The average molecular weight is 324 g/mol. The summed E-state index contributed by atoms with van der Waals surface area (Å²) < 4.78 is 0. The Morgan fingerprint density at radius 1 is 1.32 bits per heavy atom. The molecule has 1 aliphatic carbocycles. The third-order valence-corrected chi connectivity index (χ3v) is 4.64. The first-order valence-corrected chi connectivity index (χ1v) is 8.14. The van der Waals surface area contributed by atoms with E-state index in [1.807, 2.05) is 13.0 Å². The van der Waals surface area contributed by atoms with Gasteiger partial charge < -0.3 is 10.4 Å². The van der Waals surface area contributed by atoms with Gasteiger partial charge in [0.1, 0.15) is 0 Å². The van der Waals surface area contributed by atoms with Crippen molar-refractivity contribution in [2.45, 2.75) is 51.5 Å². The first-order valence-electron chi connectivity index (χ1n) is 7.76. The molecule has 1 aromatic rings. The number of rotatable bonds is 5. The van der Waals surface area contributed by atoms with Gasteiger partial charge in [-0.1, -0.05) is 30.5 Å². The van der Waals surface area contributed by atoms with Crippen LogP contribution >= 0.6 is 11.6 Å². The maximum absolute atomic E-state index is 12.4. The van der Waals surface area contributed by atoms with Crippen LogP contribution in [0.4, 0.5) is 0 Å². The van der Waals surface area contributed by atoms with E-state index in [0.29, 0.717) is 17.0 Å². The Morgan fingerprint density at radius 3 is 2.73 bits per heavy atom. The molecular weight excluding hydrogens is 302 g/mol. The van der Waals surface area contributed by atoms with Crippen molar-refractivity contribution in [3.8, 4) is 0 Å². The summed E-state index contributed by atoms with van der Waals surface area (Å²) in [6, 6.07) is 5.42. The highest BCUT2D eigenvalue weighted by atomic mass is 35.5. The summed E-state index contributed by atoms with van der Waals surface area (Å²) in [5.74, 6) is -0.715. The van der Waals surface area contributed by atoms with Gasteiger partial charge in [-0.2, -0.15) is 0 Å². The molecule has 22 heavy (non-hydrogen) atoms. The van der Waals surface area contributed by atoms with Crippen LogP contribution in [0.15, 0.2) is 18.2 Å². The van der Waals surface area contributed by atoms with Crippen LogP contribution in [-0.4, -0.2) is 23.0 Å². The maximum atomic E-state index is 12.4. The highest BCUT2D eigenvalue weighted by Gasteiger charge is 2.27. The molecule has 0 aliphatic heterocycles. The van der Waals surface area contributed by atoms with Crippen LogP contribution < -0.4 is 5.32 Å². The van der Waals surface area contributed by atoms with Crippen molar-refractivity contribution >= 4 is 23.5 Å². The lowest BCUT2D eigenvalue weighted by Gasteiger charge is -2.32. The highest BCUT2D eigenvalue weighted by molar-refractivity contribution is 6.33. The SMILES string of the molecule is Cc1ccc(C(=O)NC2CCCCC2CCC(=O)O)c(Cl)c1. The zero-order chi connectivity index (χ0) is 16.1. The third kappa shape index (κ3) is 4.47. The minimum absolute atomic E-state index is 0.0398. The van der Waals surface area contributed by atoms with Crippen molar-refractivity contribution in [1.29, 1.82) is 0 Å². The van der Waals surface area contributed by atoms with Crippen LogP contribution in [0.5, 0.6) is 0 Å². The summed E-state index contributed by atoms with van der Waals surface area (Å²) in [5.41, 5.74) is 1.49. The summed E-state index contributed by atoms with van der Waals surface area (Å²) >= 11 is 6.14. The number of aliphatic carboxylic acids is 1. The smallest absolute Gasteiger partial charge is 0.303 e. The number of aryl methyl sites for hydroxylation is 1. The lowest BCUT2D eigenvalue weighted by Crippen LogP contribution is -2.42. The number of halogens is 1. The van der Waals surface area contributed by atoms with Crippen LogP contribution in [-0.2, 0) is 4.79 Å². The largest absolute Gasteiger partial charge is 0.481 e. The van der Waals surface area contributed by atoms with Crippen molar-refractivity contribution in [1.82, 2.24) is 5.32 Å². The summed E-state index contributed by atoms with van der Waals surface area (Å²) in [5, 5.41) is 12.4. The zero-order valence-corrected chi connectivity index (χ0v) is 13.5. The van der Waals surface area contributed by atoms with Gasteiger partial charge in [0.05, 0.1) is 10.6 Å². The molecule has 1 aromatic carbocycles. The number of carbonyl (C=O) groups excluding carboxylic acids is 1. The van der Waals surface area contributed by atoms with Crippen molar-refractivity contribution in [2.75, 3.05) is 0 Å². The molecule has 1 amide bonds. The molecule has 0 bridgehead atoms. The normalized spacial score (nSPS) is 21.4. The molecule has 1 aliphatic rings. The molecule has 120 valence electrons. The van der Waals surface area contributed by atoms with Crippen LogP contribution in [0.1, 0.15) is 54.4 Å².